The van der Waals surface area contributed by atoms with Crippen LogP contribution in [0.5, 0.6) is 0 Å². The second-order valence-corrected chi connectivity index (χ2v) is 6.61. The Bertz CT molecular complexity index is 505. The van der Waals surface area contributed by atoms with Crippen molar-refractivity contribution in [3.8, 4) is 0 Å². The molecule has 3 unspecified atom stereocenters. The fourth-order valence-corrected chi connectivity index (χ4v) is 4.00. The Morgan fingerprint density at radius 1 is 1.38 bits per heavy atom. The Balaban J connectivity index is 1.86. The molecule has 1 aromatic carbocycles. The van der Waals surface area contributed by atoms with Gasteiger partial charge in [-0.05, 0) is 39.3 Å². The van der Waals surface area contributed by atoms with E-state index in [9.17, 15) is 4.39 Å². The van der Waals surface area contributed by atoms with Gasteiger partial charge in [0.15, 0.2) is 0 Å². The van der Waals surface area contributed by atoms with Gasteiger partial charge in [0.1, 0.15) is 5.82 Å². The zero-order chi connectivity index (χ0) is 15.0. The van der Waals surface area contributed by atoms with Crippen LogP contribution >= 0.6 is 0 Å². The molecule has 3 nitrogen and oxygen atoms in total. The molecule has 0 amide bonds. The highest BCUT2D eigenvalue weighted by molar-refractivity contribution is 5.27. The van der Waals surface area contributed by atoms with E-state index in [0.29, 0.717) is 18.6 Å². The summed E-state index contributed by atoms with van der Waals surface area (Å²) in [5.74, 6) is -0.128. The monoisotopic (exact) mass is 291 g/mol. The maximum absolute atomic E-state index is 14.3. The fourth-order valence-electron chi connectivity index (χ4n) is 4.00. The average Bonchev–Trinajstić information content (AvgIpc) is 2.90. The molecule has 2 fully saturated rings. The third kappa shape index (κ3) is 2.85. The molecule has 116 valence electrons. The smallest absolute Gasteiger partial charge is 0.128 e. The van der Waals surface area contributed by atoms with E-state index in [1.54, 1.807) is 6.07 Å². The van der Waals surface area contributed by atoms with Crippen LogP contribution in [0.3, 0.4) is 0 Å². The van der Waals surface area contributed by atoms with Crippen LogP contribution in [-0.4, -0.2) is 48.1 Å². The lowest BCUT2D eigenvalue weighted by Crippen LogP contribution is -2.56. The van der Waals surface area contributed by atoms with Gasteiger partial charge in [-0.1, -0.05) is 17.7 Å². The second kappa shape index (κ2) is 6.03. The number of nitrogens with zero attached hydrogens (tertiary/aromatic N) is 2. The van der Waals surface area contributed by atoms with E-state index in [2.05, 4.69) is 16.7 Å². The summed E-state index contributed by atoms with van der Waals surface area (Å²) in [6, 6.07) is 6.40. The van der Waals surface area contributed by atoms with E-state index >= 15 is 0 Å². The van der Waals surface area contributed by atoms with Gasteiger partial charge in [-0.15, -0.1) is 0 Å². The number of piperazine rings is 1. The maximum Gasteiger partial charge on any atom is 0.128 e. The van der Waals surface area contributed by atoms with Crippen molar-refractivity contribution in [2.75, 3.05) is 26.2 Å². The van der Waals surface area contributed by atoms with Crippen molar-refractivity contribution < 1.29 is 4.39 Å². The second-order valence-electron chi connectivity index (χ2n) is 6.61. The number of halogens is 1. The van der Waals surface area contributed by atoms with Gasteiger partial charge in [-0.3, -0.25) is 9.80 Å². The quantitative estimate of drug-likeness (QED) is 0.927. The zero-order valence-electron chi connectivity index (χ0n) is 13.1. The third-order valence-electron chi connectivity index (χ3n) is 5.12. The van der Waals surface area contributed by atoms with Gasteiger partial charge in [0, 0.05) is 37.3 Å². The van der Waals surface area contributed by atoms with Crippen molar-refractivity contribution in [3.63, 3.8) is 0 Å². The molecule has 3 atom stereocenters. The Morgan fingerprint density at radius 2 is 2.19 bits per heavy atom. The van der Waals surface area contributed by atoms with Gasteiger partial charge in [0.25, 0.3) is 0 Å². The van der Waals surface area contributed by atoms with Gasteiger partial charge in [-0.25, -0.2) is 4.39 Å². The standard InChI is InChI=1S/C17H26FN3/c1-12-5-6-16(18)15(8-12)17(9-19)21-11-14-4-3-7-20(14)10-13(21)2/h5-6,8,13-14,17H,3-4,7,9-11,19H2,1-2H3. The van der Waals surface area contributed by atoms with Crippen LogP contribution in [0.15, 0.2) is 18.2 Å². The van der Waals surface area contributed by atoms with Gasteiger partial charge < -0.3 is 5.73 Å². The number of rotatable bonds is 3. The summed E-state index contributed by atoms with van der Waals surface area (Å²) in [7, 11) is 0. The molecule has 0 radical (unpaired) electrons. The Morgan fingerprint density at radius 3 is 2.95 bits per heavy atom. The van der Waals surface area contributed by atoms with Crippen molar-refractivity contribution in [2.24, 2.45) is 5.73 Å². The molecule has 3 rings (SSSR count). The molecule has 4 heteroatoms. The van der Waals surface area contributed by atoms with Gasteiger partial charge in [0.05, 0.1) is 6.04 Å². The van der Waals surface area contributed by atoms with E-state index < -0.39 is 0 Å². The van der Waals surface area contributed by atoms with Crippen LogP contribution in [0, 0.1) is 12.7 Å². The molecule has 2 heterocycles. The van der Waals surface area contributed by atoms with Crippen molar-refractivity contribution >= 4 is 0 Å². The first-order valence-corrected chi connectivity index (χ1v) is 8.06. The number of fused-ring (bicyclic) bond motifs is 1. The molecule has 2 aliphatic rings. The first-order chi connectivity index (χ1) is 10.1. The minimum absolute atomic E-state index is 0.0114. The predicted molar refractivity (Wildman–Crippen MR) is 83.7 cm³/mol. The fraction of sp³-hybridized carbons (Fsp3) is 0.647. The lowest BCUT2D eigenvalue weighted by atomic mass is 9.98. The number of aryl methyl sites for hydroxylation is 1. The molecule has 0 aliphatic carbocycles. The lowest BCUT2D eigenvalue weighted by Gasteiger charge is -2.46. The number of hydrogen-bond acceptors (Lipinski definition) is 3. The first-order valence-electron chi connectivity index (χ1n) is 8.06. The van der Waals surface area contributed by atoms with Gasteiger partial charge in [0.2, 0.25) is 0 Å². The predicted octanol–water partition coefficient (Wildman–Crippen LogP) is 2.30. The van der Waals surface area contributed by atoms with Gasteiger partial charge >= 0.3 is 0 Å². The van der Waals surface area contributed by atoms with E-state index in [1.807, 2.05) is 19.1 Å². The van der Waals surface area contributed by atoms with E-state index in [-0.39, 0.29) is 11.9 Å². The largest absolute Gasteiger partial charge is 0.329 e. The molecule has 2 aliphatic heterocycles. The highest BCUT2D eigenvalue weighted by Crippen LogP contribution is 2.32. The minimum Gasteiger partial charge on any atom is -0.329 e. The first kappa shape index (κ1) is 14.9. The molecular formula is C17H26FN3. The third-order valence-corrected chi connectivity index (χ3v) is 5.12. The topological polar surface area (TPSA) is 32.5 Å². The highest BCUT2D eigenvalue weighted by atomic mass is 19.1. The Kier molecular flexibility index (Phi) is 4.29. The van der Waals surface area contributed by atoms with Crippen LogP contribution in [-0.2, 0) is 0 Å². The Hall–Kier alpha value is -0.970. The molecule has 1 aromatic rings. The lowest BCUT2D eigenvalue weighted by molar-refractivity contribution is 0.0286. The summed E-state index contributed by atoms with van der Waals surface area (Å²) in [5, 5.41) is 0. The summed E-state index contributed by atoms with van der Waals surface area (Å²) in [6.45, 7) is 8.02. The minimum atomic E-state index is -0.128. The van der Waals surface area contributed by atoms with Crippen LogP contribution < -0.4 is 5.73 Å². The van der Waals surface area contributed by atoms with E-state index in [1.165, 1.54) is 19.4 Å². The molecular weight excluding hydrogens is 265 g/mol. The summed E-state index contributed by atoms with van der Waals surface area (Å²) < 4.78 is 14.3. The summed E-state index contributed by atoms with van der Waals surface area (Å²) in [6.07, 6.45) is 2.55. The summed E-state index contributed by atoms with van der Waals surface area (Å²) in [5.41, 5.74) is 7.89. The molecule has 2 N–H and O–H groups in total. The number of nitrogens with two attached hydrogens (primary N) is 1. The van der Waals surface area contributed by atoms with Crippen LogP contribution in [0.2, 0.25) is 0 Å². The molecule has 0 bridgehead atoms. The summed E-state index contributed by atoms with van der Waals surface area (Å²) in [4.78, 5) is 5.01. The van der Waals surface area contributed by atoms with Crippen molar-refractivity contribution in [2.45, 2.75) is 44.8 Å². The Labute approximate surface area is 126 Å². The number of hydrogen-bond donors (Lipinski definition) is 1. The molecule has 0 spiro atoms. The van der Waals surface area contributed by atoms with E-state index in [0.717, 1.165) is 24.2 Å². The highest BCUT2D eigenvalue weighted by Gasteiger charge is 2.37. The zero-order valence-corrected chi connectivity index (χ0v) is 13.1. The molecule has 0 aromatic heterocycles. The van der Waals surface area contributed by atoms with Crippen molar-refractivity contribution in [1.29, 1.82) is 0 Å². The molecule has 2 saturated heterocycles. The maximum atomic E-state index is 14.3. The molecule has 21 heavy (non-hydrogen) atoms. The average molecular weight is 291 g/mol. The SMILES string of the molecule is Cc1ccc(F)c(C(CN)N2CC3CCCN3CC2C)c1. The van der Waals surface area contributed by atoms with Crippen LogP contribution in [0.1, 0.15) is 36.9 Å². The van der Waals surface area contributed by atoms with Crippen LogP contribution in [0.25, 0.3) is 0 Å². The molecule has 0 saturated carbocycles. The van der Waals surface area contributed by atoms with Crippen molar-refractivity contribution in [1.82, 2.24) is 9.80 Å². The normalized spacial score (nSPS) is 28.6. The van der Waals surface area contributed by atoms with Crippen molar-refractivity contribution in [3.05, 3.63) is 35.1 Å². The van der Waals surface area contributed by atoms with E-state index in [4.69, 9.17) is 5.73 Å². The number of benzene rings is 1. The summed E-state index contributed by atoms with van der Waals surface area (Å²) >= 11 is 0. The van der Waals surface area contributed by atoms with Gasteiger partial charge in [-0.2, -0.15) is 0 Å². The van der Waals surface area contributed by atoms with Crippen LogP contribution in [0.4, 0.5) is 4.39 Å².